The molecule has 0 bridgehead atoms. The SMILES string of the molecule is CCc1ccccc1Oc1nc(Cl)c(CO)s1. The Labute approximate surface area is 109 Å². The molecule has 2 aromatic rings. The number of thiazole rings is 1. The van der Waals surface area contributed by atoms with Gasteiger partial charge in [-0.15, -0.1) is 0 Å². The van der Waals surface area contributed by atoms with Crippen molar-refractivity contribution in [2.75, 3.05) is 0 Å². The minimum atomic E-state index is -0.116. The molecule has 0 saturated carbocycles. The molecule has 0 saturated heterocycles. The average Bonchev–Trinajstić information content (AvgIpc) is 2.70. The number of aryl methyl sites for hydroxylation is 1. The highest BCUT2D eigenvalue weighted by molar-refractivity contribution is 7.13. The van der Waals surface area contributed by atoms with Crippen molar-refractivity contribution in [3.63, 3.8) is 0 Å². The molecule has 0 amide bonds. The Morgan fingerprint density at radius 1 is 1.41 bits per heavy atom. The van der Waals surface area contributed by atoms with Gasteiger partial charge in [0.1, 0.15) is 10.9 Å². The molecule has 1 aromatic heterocycles. The van der Waals surface area contributed by atoms with E-state index < -0.39 is 0 Å². The number of hydrogen-bond donors (Lipinski definition) is 1. The predicted octanol–water partition coefficient (Wildman–Crippen LogP) is 3.64. The summed E-state index contributed by atoms with van der Waals surface area (Å²) in [5.41, 5.74) is 1.12. The number of benzene rings is 1. The summed E-state index contributed by atoms with van der Waals surface area (Å²) in [6, 6.07) is 7.79. The third kappa shape index (κ3) is 2.77. The molecule has 2 rings (SSSR count). The number of para-hydroxylation sites is 1. The second-order valence-corrected chi connectivity index (χ2v) is 4.82. The summed E-state index contributed by atoms with van der Waals surface area (Å²) in [5, 5.41) is 9.79. The first-order chi connectivity index (χ1) is 8.24. The summed E-state index contributed by atoms with van der Waals surface area (Å²) in [5.74, 6) is 0.782. The Kier molecular flexibility index (Phi) is 3.99. The van der Waals surface area contributed by atoms with Crippen molar-refractivity contribution in [1.29, 1.82) is 0 Å². The van der Waals surface area contributed by atoms with E-state index in [1.54, 1.807) is 0 Å². The minimum Gasteiger partial charge on any atom is -0.431 e. The molecule has 1 aromatic carbocycles. The Morgan fingerprint density at radius 2 is 2.18 bits per heavy atom. The van der Waals surface area contributed by atoms with Gasteiger partial charge in [-0.1, -0.05) is 48.1 Å². The second kappa shape index (κ2) is 5.49. The molecule has 0 aliphatic heterocycles. The highest BCUT2D eigenvalue weighted by Gasteiger charge is 2.11. The summed E-state index contributed by atoms with van der Waals surface area (Å²) in [6.07, 6.45) is 0.891. The van der Waals surface area contributed by atoms with Crippen molar-refractivity contribution < 1.29 is 9.84 Å². The Bertz CT molecular complexity index is 513. The molecule has 0 unspecified atom stereocenters. The average molecular weight is 270 g/mol. The van der Waals surface area contributed by atoms with Gasteiger partial charge in [-0.05, 0) is 18.1 Å². The number of ether oxygens (including phenoxy) is 1. The molecule has 0 fully saturated rings. The Morgan fingerprint density at radius 3 is 2.82 bits per heavy atom. The van der Waals surface area contributed by atoms with Gasteiger partial charge in [-0.3, -0.25) is 0 Å². The van der Waals surface area contributed by atoms with E-state index in [9.17, 15) is 0 Å². The number of rotatable bonds is 4. The first-order valence-electron chi connectivity index (χ1n) is 5.26. The van der Waals surface area contributed by atoms with Gasteiger partial charge in [0.25, 0.3) is 5.19 Å². The van der Waals surface area contributed by atoms with E-state index in [2.05, 4.69) is 11.9 Å². The quantitative estimate of drug-likeness (QED) is 0.921. The molecule has 17 heavy (non-hydrogen) atoms. The normalized spacial score (nSPS) is 10.5. The maximum absolute atomic E-state index is 9.03. The summed E-state index contributed by atoms with van der Waals surface area (Å²) in [7, 11) is 0. The van der Waals surface area contributed by atoms with Gasteiger partial charge in [0.05, 0.1) is 11.5 Å². The topological polar surface area (TPSA) is 42.4 Å². The molecule has 0 spiro atoms. The fraction of sp³-hybridized carbons (Fsp3) is 0.250. The molecule has 3 nitrogen and oxygen atoms in total. The van der Waals surface area contributed by atoms with E-state index in [1.165, 1.54) is 11.3 Å². The van der Waals surface area contributed by atoms with Crippen LogP contribution in [0, 0.1) is 0 Å². The lowest BCUT2D eigenvalue weighted by molar-refractivity contribution is 0.285. The van der Waals surface area contributed by atoms with Gasteiger partial charge < -0.3 is 9.84 Å². The molecule has 0 aliphatic carbocycles. The largest absolute Gasteiger partial charge is 0.431 e. The maximum Gasteiger partial charge on any atom is 0.280 e. The summed E-state index contributed by atoms with van der Waals surface area (Å²) in [6.45, 7) is 1.95. The van der Waals surface area contributed by atoms with Crippen LogP contribution in [0.4, 0.5) is 0 Å². The van der Waals surface area contributed by atoms with Crippen LogP contribution in [0.5, 0.6) is 10.9 Å². The van der Waals surface area contributed by atoms with Crippen molar-refractivity contribution in [2.24, 2.45) is 0 Å². The Hall–Kier alpha value is -1.10. The number of nitrogens with zero attached hydrogens (tertiary/aromatic N) is 1. The van der Waals surface area contributed by atoms with Crippen LogP contribution in [0.25, 0.3) is 0 Å². The number of aromatic nitrogens is 1. The lowest BCUT2D eigenvalue weighted by atomic mass is 10.1. The van der Waals surface area contributed by atoms with E-state index in [-0.39, 0.29) is 6.61 Å². The van der Waals surface area contributed by atoms with Crippen molar-refractivity contribution in [3.05, 3.63) is 39.9 Å². The van der Waals surface area contributed by atoms with Crippen LogP contribution in [0.15, 0.2) is 24.3 Å². The van der Waals surface area contributed by atoms with Crippen LogP contribution < -0.4 is 4.74 Å². The smallest absolute Gasteiger partial charge is 0.280 e. The zero-order valence-electron chi connectivity index (χ0n) is 9.31. The fourth-order valence-electron chi connectivity index (χ4n) is 1.44. The molecular formula is C12H12ClNO2S. The monoisotopic (exact) mass is 269 g/mol. The zero-order chi connectivity index (χ0) is 12.3. The van der Waals surface area contributed by atoms with Gasteiger partial charge in [0, 0.05) is 0 Å². The number of halogens is 1. The van der Waals surface area contributed by atoms with Crippen molar-refractivity contribution >= 4 is 22.9 Å². The van der Waals surface area contributed by atoms with E-state index in [4.69, 9.17) is 21.4 Å². The van der Waals surface area contributed by atoms with Crippen LogP contribution in [0.2, 0.25) is 5.15 Å². The van der Waals surface area contributed by atoms with E-state index in [1.807, 2.05) is 24.3 Å². The molecule has 0 radical (unpaired) electrons. The lowest BCUT2D eigenvalue weighted by Gasteiger charge is -2.06. The predicted molar refractivity (Wildman–Crippen MR) is 68.9 cm³/mol. The van der Waals surface area contributed by atoms with Gasteiger partial charge in [-0.25, -0.2) is 0 Å². The van der Waals surface area contributed by atoms with Crippen molar-refractivity contribution in [3.8, 4) is 10.9 Å². The molecule has 0 atom stereocenters. The Balaban J connectivity index is 2.25. The van der Waals surface area contributed by atoms with Crippen LogP contribution in [0.3, 0.4) is 0 Å². The maximum atomic E-state index is 9.03. The van der Waals surface area contributed by atoms with Crippen LogP contribution >= 0.6 is 22.9 Å². The van der Waals surface area contributed by atoms with E-state index in [0.29, 0.717) is 15.2 Å². The molecule has 90 valence electrons. The third-order valence-corrected chi connectivity index (χ3v) is 3.67. The van der Waals surface area contributed by atoms with Crippen molar-refractivity contribution in [2.45, 2.75) is 20.0 Å². The molecule has 0 aliphatic rings. The number of hydrogen-bond acceptors (Lipinski definition) is 4. The first kappa shape index (κ1) is 12.4. The third-order valence-electron chi connectivity index (χ3n) is 2.32. The first-order valence-corrected chi connectivity index (χ1v) is 6.45. The van der Waals surface area contributed by atoms with E-state index >= 15 is 0 Å². The molecule has 1 heterocycles. The van der Waals surface area contributed by atoms with Gasteiger partial charge >= 0.3 is 0 Å². The lowest BCUT2D eigenvalue weighted by Crippen LogP contribution is -1.89. The van der Waals surface area contributed by atoms with Gasteiger partial charge in [0.2, 0.25) is 0 Å². The fourth-order valence-corrected chi connectivity index (χ4v) is 2.42. The summed E-state index contributed by atoms with van der Waals surface area (Å²) >= 11 is 7.10. The number of aliphatic hydroxyl groups excluding tert-OH is 1. The standard InChI is InChI=1S/C12H12ClNO2S/c1-2-8-5-3-4-6-9(8)16-12-14-11(13)10(7-15)17-12/h3-6,15H,2,7H2,1H3. The van der Waals surface area contributed by atoms with E-state index in [0.717, 1.165) is 17.7 Å². The van der Waals surface area contributed by atoms with Gasteiger partial charge in [-0.2, -0.15) is 4.98 Å². The molecular weight excluding hydrogens is 258 g/mol. The molecule has 1 N–H and O–H groups in total. The molecule has 5 heteroatoms. The van der Waals surface area contributed by atoms with Crippen LogP contribution in [-0.4, -0.2) is 10.1 Å². The van der Waals surface area contributed by atoms with Crippen LogP contribution in [0.1, 0.15) is 17.4 Å². The zero-order valence-corrected chi connectivity index (χ0v) is 10.9. The summed E-state index contributed by atoms with van der Waals surface area (Å²) in [4.78, 5) is 4.67. The highest BCUT2D eigenvalue weighted by atomic mass is 35.5. The summed E-state index contributed by atoms with van der Waals surface area (Å²) < 4.78 is 5.68. The van der Waals surface area contributed by atoms with Crippen molar-refractivity contribution in [1.82, 2.24) is 4.98 Å². The van der Waals surface area contributed by atoms with Gasteiger partial charge in [0.15, 0.2) is 0 Å². The number of aliphatic hydroxyl groups is 1. The second-order valence-electron chi connectivity index (χ2n) is 3.42. The van der Waals surface area contributed by atoms with Crippen LogP contribution in [-0.2, 0) is 13.0 Å². The highest BCUT2D eigenvalue weighted by Crippen LogP contribution is 2.33. The minimum absolute atomic E-state index is 0.116.